The normalized spacial score (nSPS) is 10.7. The summed E-state index contributed by atoms with van der Waals surface area (Å²) in [4.78, 5) is 0. The lowest BCUT2D eigenvalue weighted by Gasteiger charge is -2.08. The molecule has 2 aromatic carbocycles. The molecule has 1 aromatic heterocycles. The van der Waals surface area contributed by atoms with Crippen molar-refractivity contribution < 1.29 is 14.3 Å². The number of ether oxygens (including phenoxy) is 1. The maximum Gasteiger partial charge on any atom is 0.160 e. The molecule has 102 valence electrons. The van der Waals surface area contributed by atoms with Gasteiger partial charge in [0.25, 0.3) is 0 Å². The minimum absolute atomic E-state index is 0.120. The highest BCUT2D eigenvalue weighted by Gasteiger charge is 2.06. The number of hydrogen-bond acceptors (Lipinski definition) is 4. The van der Waals surface area contributed by atoms with Crippen LogP contribution in [0.4, 0.5) is 5.69 Å². The van der Waals surface area contributed by atoms with Crippen LogP contribution in [-0.4, -0.2) is 12.2 Å². The number of nitrogens with one attached hydrogen (secondary N) is 1. The summed E-state index contributed by atoms with van der Waals surface area (Å²) < 4.78 is 10.5. The number of fused-ring (bicyclic) bond motifs is 1. The molecule has 0 spiro atoms. The molecule has 0 saturated carbocycles. The number of methoxy groups -OCH3 is 1. The molecule has 3 aromatic rings. The van der Waals surface area contributed by atoms with Gasteiger partial charge in [0, 0.05) is 29.2 Å². The number of aromatic hydroxyl groups is 1. The van der Waals surface area contributed by atoms with Gasteiger partial charge in [-0.2, -0.15) is 0 Å². The second-order valence-electron chi connectivity index (χ2n) is 4.50. The van der Waals surface area contributed by atoms with E-state index in [4.69, 9.17) is 9.15 Å². The largest absolute Gasteiger partial charge is 0.504 e. The van der Waals surface area contributed by atoms with Gasteiger partial charge in [-0.15, -0.1) is 0 Å². The molecule has 0 aliphatic heterocycles. The Morgan fingerprint density at radius 3 is 2.85 bits per heavy atom. The summed E-state index contributed by atoms with van der Waals surface area (Å²) in [7, 11) is 1.53. The highest BCUT2D eigenvalue weighted by atomic mass is 16.5. The predicted octanol–water partition coefficient (Wildman–Crippen LogP) is 3.76. The number of furan rings is 1. The van der Waals surface area contributed by atoms with Crippen molar-refractivity contribution in [3.05, 3.63) is 54.3 Å². The van der Waals surface area contributed by atoms with Gasteiger partial charge in [0.2, 0.25) is 0 Å². The van der Waals surface area contributed by atoms with E-state index in [0.717, 1.165) is 22.2 Å². The highest BCUT2D eigenvalue weighted by molar-refractivity contribution is 5.81. The molecule has 3 rings (SSSR count). The van der Waals surface area contributed by atoms with Gasteiger partial charge in [0.05, 0.1) is 13.4 Å². The summed E-state index contributed by atoms with van der Waals surface area (Å²) in [5.74, 6) is 0.582. The monoisotopic (exact) mass is 269 g/mol. The van der Waals surface area contributed by atoms with E-state index in [0.29, 0.717) is 12.3 Å². The fraction of sp³-hybridized carbons (Fsp3) is 0.125. The molecule has 0 radical (unpaired) electrons. The molecule has 0 aliphatic carbocycles. The van der Waals surface area contributed by atoms with Crippen molar-refractivity contribution in [3.63, 3.8) is 0 Å². The first-order valence-corrected chi connectivity index (χ1v) is 6.34. The molecule has 2 N–H and O–H groups in total. The highest BCUT2D eigenvalue weighted by Crippen LogP contribution is 2.29. The zero-order valence-electron chi connectivity index (χ0n) is 11.1. The zero-order valence-corrected chi connectivity index (χ0v) is 11.1. The average Bonchev–Trinajstić information content (AvgIpc) is 2.88. The lowest BCUT2D eigenvalue weighted by Crippen LogP contribution is -1.98. The van der Waals surface area contributed by atoms with Crippen LogP contribution in [0.1, 0.15) is 5.56 Å². The molecule has 0 unspecified atom stereocenters. The van der Waals surface area contributed by atoms with Gasteiger partial charge in [0.1, 0.15) is 5.58 Å². The first-order valence-electron chi connectivity index (χ1n) is 6.34. The second-order valence-corrected chi connectivity index (χ2v) is 4.50. The van der Waals surface area contributed by atoms with Gasteiger partial charge in [0.15, 0.2) is 11.5 Å². The minimum atomic E-state index is 0.120. The number of para-hydroxylation sites is 1. The predicted molar refractivity (Wildman–Crippen MR) is 78.2 cm³/mol. The van der Waals surface area contributed by atoms with Crippen molar-refractivity contribution in [3.8, 4) is 11.5 Å². The van der Waals surface area contributed by atoms with Gasteiger partial charge in [-0.05, 0) is 18.2 Å². The van der Waals surface area contributed by atoms with Gasteiger partial charge < -0.3 is 19.6 Å². The summed E-state index contributed by atoms with van der Waals surface area (Å²) in [5, 5.41) is 14.1. The van der Waals surface area contributed by atoms with Gasteiger partial charge in [-0.25, -0.2) is 0 Å². The topological polar surface area (TPSA) is 54.6 Å². The van der Waals surface area contributed by atoms with Crippen LogP contribution in [0.15, 0.2) is 53.1 Å². The van der Waals surface area contributed by atoms with E-state index in [1.807, 2.05) is 30.3 Å². The van der Waals surface area contributed by atoms with Crippen molar-refractivity contribution in [1.82, 2.24) is 0 Å². The molecular formula is C16H15NO3. The lowest BCUT2D eigenvalue weighted by molar-refractivity contribution is 0.373. The Labute approximate surface area is 116 Å². The Morgan fingerprint density at radius 2 is 2.05 bits per heavy atom. The van der Waals surface area contributed by atoms with Crippen molar-refractivity contribution in [2.75, 3.05) is 12.4 Å². The van der Waals surface area contributed by atoms with Crippen molar-refractivity contribution in [2.45, 2.75) is 6.54 Å². The van der Waals surface area contributed by atoms with E-state index in [1.54, 1.807) is 18.4 Å². The third-order valence-electron chi connectivity index (χ3n) is 3.22. The average molecular weight is 269 g/mol. The van der Waals surface area contributed by atoms with Crippen LogP contribution >= 0.6 is 0 Å². The number of hydrogen-bond donors (Lipinski definition) is 2. The SMILES string of the molecule is COc1ccc(NCc2coc3ccccc23)cc1O. The summed E-state index contributed by atoms with van der Waals surface area (Å²) in [6, 6.07) is 13.1. The van der Waals surface area contributed by atoms with Gasteiger partial charge in [-0.1, -0.05) is 18.2 Å². The molecule has 0 aliphatic rings. The maximum atomic E-state index is 9.74. The van der Waals surface area contributed by atoms with Gasteiger partial charge in [-0.3, -0.25) is 0 Å². The number of benzene rings is 2. The first kappa shape index (κ1) is 12.4. The fourth-order valence-corrected chi connectivity index (χ4v) is 2.17. The van der Waals surface area contributed by atoms with Crippen molar-refractivity contribution >= 4 is 16.7 Å². The molecule has 1 heterocycles. The number of phenolic OH excluding ortho intramolecular Hbond substituents is 1. The molecule has 0 saturated heterocycles. The summed E-state index contributed by atoms with van der Waals surface area (Å²) in [6.07, 6.45) is 1.75. The van der Waals surface area contributed by atoms with Crippen LogP contribution in [0, 0.1) is 0 Å². The van der Waals surface area contributed by atoms with Gasteiger partial charge >= 0.3 is 0 Å². The first-order chi connectivity index (χ1) is 9.78. The van der Waals surface area contributed by atoms with Crippen molar-refractivity contribution in [2.24, 2.45) is 0 Å². The van der Waals surface area contributed by atoms with Crippen LogP contribution in [-0.2, 0) is 6.54 Å². The maximum absolute atomic E-state index is 9.74. The standard InChI is InChI=1S/C16H15NO3/c1-19-16-7-6-12(8-14(16)18)17-9-11-10-20-15-5-3-2-4-13(11)15/h2-8,10,17-18H,9H2,1H3. The Balaban J connectivity index is 1.78. The molecule has 0 amide bonds. The van der Waals surface area contributed by atoms with Crippen LogP contribution in [0.2, 0.25) is 0 Å². The van der Waals surface area contributed by atoms with Crippen LogP contribution in [0.25, 0.3) is 11.0 Å². The van der Waals surface area contributed by atoms with E-state index in [2.05, 4.69) is 5.32 Å². The fourth-order valence-electron chi connectivity index (χ4n) is 2.17. The molecule has 0 fully saturated rings. The zero-order chi connectivity index (χ0) is 13.9. The third kappa shape index (κ3) is 2.28. The lowest BCUT2D eigenvalue weighted by atomic mass is 10.2. The minimum Gasteiger partial charge on any atom is -0.504 e. The van der Waals surface area contributed by atoms with E-state index in [9.17, 15) is 5.11 Å². The Morgan fingerprint density at radius 1 is 1.20 bits per heavy atom. The Hall–Kier alpha value is -2.62. The van der Waals surface area contributed by atoms with Crippen LogP contribution in [0.3, 0.4) is 0 Å². The summed E-state index contributed by atoms with van der Waals surface area (Å²) in [5.41, 5.74) is 2.78. The molecule has 20 heavy (non-hydrogen) atoms. The van der Waals surface area contributed by atoms with Crippen LogP contribution in [0.5, 0.6) is 11.5 Å². The number of phenols is 1. The van der Waals surface area contributed by atoms with Crippen LogP contribution < -0.4 is 10.1 Å². The molecule has 0 bridgehead atoms. The Kier molecular flexibility index (Phi) is 3.21. The number of rotatable bonds is 4. The number of anilines is 1. The van der Waals surface area contributed by atoms with E-state index < -0.39 is 0 Å². The quantitative estimate of drug-likeness (QED) is 0.757. The van der Waals surface area contributed by atoms with E-state index in [-0.39, 0.29) is 5.75 Å². The second kappa shape index (κ2) is 5.17. The summed E-state index contributed by atoms with van der Waals surface area (Å²) in [6.45, 7) is 0.628. The van der Waals surface area contributed by atoms with E-state index in [1.165, 1.54) is 7.11 Å². The molecule has 4 nitrogen and oxygen atoms in total. The van der Waals surface area contributed by atoms with Crippen molar-refractivity contribution in [1.29, 1.82) is 0 Å². The Bertz CT molecular complexity index is 733. The molecular weight excluding hydrogens is 254 g/mol. The van der Waals surface area contributed by atoms with E-state index >= 15 is 0 Å². The third-order valence-corrected chi connectivity index (χ3v) is 3.22. The molecule has 0 atom stereocenters. The molecule has 4 heteroatoms. The summed E-state index contributed by atoms with van der Waals surface area (Å²) >= 11 is 0. The smallest absolute Gasteiger partial charge is 0.160 e.